The van der Waals surface area contributed by atoms with Gasteiger partial charge in [0, 0.05) is 5.56 Å². The van der Waals surface area contributed by atoms with Crippen molar-refractivity contribution in [2.75, 3.05) is 5.01 Å². The second-order valence-corrected chi connectivity index (χ2v) is 7.22. The second kappa shape index (κ2) is 6.81. The lowest BCUT2D eigenvalue weighted by Gasteiger charge is -2.14. The summed E-state index contributed by atoms with van der Waals surface area (Å²) in [5.41, 5.74) is 5.26. The first kappa shape index (κ1) is 18.6. The molecule has 0 radical (unpaired) electrons. The van der Waals surface area contributed by atoms with Crippen LogP contribution in [0.4, 0.5) is 5.69 Å². The van der Waals surface area contributed by atoms with Crippen molar-refractivity contribution in [2.45, 2.75) is 6.92 Å². The maximum absolute atomic E-state index is 12.7. The summed E-state index contributed by atoms with van der Waals surface area (Å²) in [6, 6.07) is 15.3. The molecule has 2 aromatic carbocycles. The summed E-state index contributed by atoms with van der Waals surface area (Å²) in [6.45, 7) is 1.93. The minimum absolute atomic E-state index is 0.0552. The van der Waals surface area contributed by atoms with Crippen molar-refractivity contribution in [3.63, 3.8) is 0 Å². The van der Waals surface area contributed by atoms with Crippen LogP contribution in [0.2, 0.25) is 0 Å². The number of benzene rings is 2. The van der Waals surface area contributed by atoms with Crippen LogP contribution < -0.4 is 15.8 Å². The van der Waals surface area contributed by atoms with Crippen molar-refractivity contribution in [2.24, 2.45) is 0 Å². The molecule has 2 N–H and O–H groups in total. The number of aryl methyl sites for hydroxylation is 1. The molecule has 0 atom stereocenters. The first-order valence-corrected chi connectivity index (χ1v) is 9.44. The van der Waals surface area contributed by atoms with Crippen LogP contribution in [0.25, 0.3) is 17.4 Å². The van der Waals surface area contributed by atoms with Gasteiger partial charge < -0.3 is 4.42 Å². The van der Waals surface area contributed by atoms with E-state index in [4.69, 9.17) is 4.42 Å². The SMILES string of the molecule is Cc1ccc(N2NC(=O)/C(=C/c3ccc(-c4ccc5c(c4)C(=O)NC5=O)o3)C2=O)cc1. The predicted molar refractivity (Wildman–Crippen MR) is 111 cm³/mol. The summed E-state index contributed by atoms with van der Waals surface area (Å²) in [4.78, 5) is 48.7. The van der Waals surface area contributed by atoms with E-state index in [1.54, 1.807) is 42.5 Å². The molecule has 0 spiro atoms. The quantitative estimate of drug-likeness (QED) is 0.390. The van der Waals surface area contributed by atoms with Gasteiger partial charge in [-0.1, -0.05) is 23.8 Å². The van der Waals surface area contributed by atoms with Gasteiger partial charge in [-0.15, -0.1) is 0 Å². The number of carbonyl (C=O) groups excluding carboxylic acids is 4. The van der Waals surface area contributed by atoms with Crippen LogP contribution in [0.1, 0.15) is 32.0 Å². The fraction of sp³-hybridized carbons (Fsp3) is 0.0435. The molecular weight excluding hydrogens is 398 g/mol. The van der Waals surface area contributed by atoms with Gasteiger partial charge >= 0.3 is 0 Å². The Balaban J connectivity index is 1.43. The summed E-state index contributed by atoms with van der Waals surface area (Å²) in [7, 11) is 0. The molecular formula is C23H15N3O5. The zero-order valence-corrected chi connectivity index (χ0v) is 16.3. The molecule has 8 heteroatoms. The number of hydrazine groups is 1. The Morgan fingerprint density at radius 1 is 0.839 bits per heavy atom. The minimum atomic E-state index is -0.531. The van der Waals surface area contributed by atoms with E-state index in [1.165, 1.54) is 11.1 Å². The number of imide groups is 1. The molecule has 1 aromatic heterocycles. The highest BCUT2D eigenvalue weighted by Crippen LogP contribution is 2.28. The van der Waals surface area contributed by atoms with Crippen molar-refractivity contribution in [1.82, 2.24) is 10.7 Å². The average molecular weight is 413 g/mol. The largest absolute Gasteiger partial charge is 0.457 e. The molecule has 0 aliphatic carbocycles. The summed E-state index contributed by atoms with van der Waals surface area (Å²) < 4.78 is 5.76. The molecule has 1 saturated heterocycles. The van der Waals surface area contributed by atoms with Crippen LogP contribution >= 0.6 is 0 Å². The van der Waals surface area contributed by atoms with Gasteiger partial charge in [-0.05, 0) is 49.4 Å². The Morgan fingerprint density at radius 2 is 1.58 bits per heavy atom. The number of anilines is 1. The van der Waals surface area contributed by atoms with Crippen molar-refractivity contribution in [1.29, 1.82) is 0 Å². The maximum atomic E-state index is 12.7. The van der Waals surface area contributed by atoms with Gasteiger partial charge in [0.2, 0.25) is 0 Å². The average Bonchev–Trinajstić information content (AvgIpc) is 3.42. The van der Waals surface area contributed by atoms with E-state index in [0.29, 0.717) is 28.3 Å². The smallest absolute Gasteiger partial charge is 0.282 e. The van der Waals surface area contributed by atoms with Crippen molar-refractivity contribution < 1.29 is 23.6 Å². The number of nitrogens with zero attached hydrogens (tertiary/aromatic N) is 1. The van der Waals surface area contributed by atoms with Crippen molar-refractivity contribution in [3.8, 4) is 11.3 Å². The minimum Gasteiger partial charge on any atom is -0.457 e. The van der Waals surface area contributed by atoms with Crippen molar-refractivity contribution >= 4 is 35.4 Å². The van der Waals surface area contributed by atoms with Crippen LogP contribution in [0.5, 0.6) is 0 Å². The lowest BCUT2D eigenvalue weighted by atomic mass is 10.0. The van der Waals surface area contributed by atoms with E-state index in [-0.39, 0.29) is 11.1 Å². The highest BCUT2D eigenvalue weighted by molar-refractivity contribution is 6.31. The Labute approximate surface area is 176 Å². The number of nitrogens with one attached hydrogen (secondary N) is 2. The van der Waals surface area contributed by atoms with Gasteiger partial charge in [-0.3, -0.25) is 29.9 Å². The van der Waals surface area contributed by atoms with Gasteiger partial charge in [-0.2, -0.15) is 0 Å². The number of rotatable bonds is 3. The molecule has 3 heterocycles. The first-order chi connectivity index (χ1) is 14.9. The molecule has 31 heavy (non-hydrogen) atoms. The first-order valence-electron chi connectivity index (χ1n) is 9.44. The third-order valence-corrected chi connectivity index (χ3v) is 5.12. The van der Waals surface area contributed by atoms with Gasteiger partial charge in [0.05, 0.1) is 16.8 Å². The topological polar surface area (TPSA) is 109 Å². The van der Waals surface area contributed by atoms with Crippen molar-refractivity contribution in [3.05, 3.63) is 82.6 Å². The lowest BCUT2D eigenvalue weighted by Crippen LogP contribution is -2.35. The Bertz CT molecular complexity index is 1320. The normalized spacial score (nSPS) is 16.7. The van der Waals surface area contributed by atoms with E-state index in [2.05, 4.69) is 10.7 Å². The van der Waals surface area contributed by atoms with Gasteiger partial charge in [0.1, 0.15) is 17.1 Å². The molecule has 5 rings (SSSR count). The number of hydrogen-bond donors (Lipinski definition) is 2. The second-order valence-electron chi connectivity index (χ2n) is 7.22. The highest BCUT2D eigenvalue weighted by atomic mass is 16.3. The standard InChI is InChI=1S/C23H15N3O5/c1-12-2-5-14(6-3-12)26-23(30)18(22(29)25-26)11-15-7-9-19(31-15)13-4-8-16-17(10-13)21(28)24-20(16)27/h2-11H,1H3,(H,25,29)(H,24,27,28)/b18-11-. The maximum Gasteiger partial charge on any atom is 0.282 e. The summed E-state index contributed by atoms with van der Waals surface area (Å²) in [5, 5.41) is 3.43. The molecule has 1 fully saturated rings. The van der Waals surface area contributed by atoms with E-state index >= 15 is 0 Å². The molecule has 0 unspecified atom stereocenters. The molecule has 152 valence electrons. The zero-order chi connectivity index (χ0) is 21.7. The predicted octanol–water partition coefficient (Wildman–Crippen LogP) is 2.60. The van der Waals surface area contributed by atoms with Crippen LogP contribution in [-0.4, -0.2) is 23.6 Å². The van der Waals surface area contributed by atoms with Gasteiger partial charge in [0.15, 0.2) is 0 Å². The molecule has 3 aromatic rings. The third kappa shape index (κ3) is 3.10. The van der Waals surface area contributed by atoms with E-state index in [9.17, 15) is 19.2 Å². The molecule has 4 amide bonds. The summed E-state index contributed by atoms with van der Waals surface area (Å²) >= 11 is 0. The van der Waals surface area contributed by atoms with Crippen LogP contribution in [-0.2, 0) is 9.59 Å². The summed E-state index contributed by atoms with van der Waals surface area (Å²) in [6.07, 6.45) is 1.37. The Hall–Kier alpha value is -4.46. The summed E-state index contributed by atoms with van der Waals surface area (Å²) in [5.74, 6) is -1.17. The molecule has 2 aliphatic heterocycles. The van der Waals surface area contributed by atoms with E-state index in [0.717, 1.165) is 5.56 Å². The number of amides is 4. The van der Waals surface area contributed by atoms with Gasteiger partial charge in [0.25, 0.3) is 23.6 Å². The Kier molecular flexibility index (Phi) is 4.07. The molecule has 2 aliphatic rings. The monoisotopic (exact) mass is 413 g/mol. The number of fused-ring (bicyclic) bond motifs is 1. The van der Waals surface area contributed by atoms with Gasteiger partial charge in [-0.25, -0.2) is 5.01 Å². The van der Waals surface area contributed by atoms with Crippen LogP contribution in [0.3, 0.4) is 0 Å². The molecule has 8 nitrogen and oxygen atoms in total. The van der Waals surface area contributed by atoms with Crippen LogP contribution in [0.15, 0.2) is 64.6 Å². The molecule has 0 bridgehead atoms. The molecule has 0 saturated carbocycles. The zero-order valence-electron chi connectivity index (χ0n) is 16.3. The number of carbonyl (C=O) groups is 4. The highest BCUT2D eigenvalue weighted by Gasteiger charge is 2.34. The van der Waals surface area contributed by atoms with E-state index < -0.39 is 23.6 Å². The number of hydrogen-bond acceptors (Lipinski definition) is 5. The lowest BCUT2D eigenvalue weighted by molar-refractivity contribution is -0.117. The Morgan fingerprint density at radius 3 is 2.35 bits per heavy atom. The fourth-order valence-corrected chi connectivity index (χ4v) is 3.48. The third-order valence-electron chi connectivity index (χ3n) is 5.12. The van der Waals surface area contributed by atoms with E-state index in [1.807, 2.05) is 19.1 Å². The fourth-order valence-electron chi connectivity index (χ4n) is 3.48. The number of furan rings is 1. The van der Waals surface area contributed by atoms with Crippen LogP contribution in [0, 0.1) is 6.92 Å².